The first-order valence-corrected chi connectivity index (χ1v) is 14.4. The molecule has 2 aromatic rings. The van der Waals surface area contributed by atoms with Crippen molar-refractivity contribution in [3.63, 3.8) is 0 Å². The number of hydrogen-bond acceptors (Lipinski definition) is 7. The largest absolute Gasteiger partial charge is 0.497 e. The summed E-state index contributed by atoms with van der Waals surface area (Å²) in [5, 5.41) is 0. The predicted octanol–water partition coefficient (Wildman–Crippen LogP) is 4.91. The number of nitrogens with zero attached hydrogens (tertiary/aromatic N) is 1. The molecule has 1 aliphatic heterocycles. The summed E-state index contributed by atoms with van der Waals surface area (Å²) >= 11 is 0. The molecule has 36 heavy (non-hydrogen) atoms. The molecule has 0 saturated carbocycles. The molecular formula is C28H37NO6S. The Hall–Kier alpha value is -3.00. The van der Waals surface area contributed by atoms with E-state index in [1.54, 1.807) is 13.2 Å². The summed E-state index contributed by atoms with van der Waals surface area (Å²) in [6, 6.07) is 15.4. The minimum atomic E-state index is -2.87. The summed E-state index contributed by atoms with van der Waals surface area (Å²) in [5.74, 6) is 1.74. The lowest BCUT2D eigenvalue weighted by Gasteiger charge is -2.28. The number of ether oxygens (including phenoxy) is 3. The highest BCUT2D eigenvalue weighted by Gasteiger charge is 2.21. The van der Waals surface area contributed by atoms with Crippen LogP contribution in [0.15, 0.2) is 54.6 Å². The second-order valence-electron chi connectivity index (χ2n) is 8.88. The van der Waals surface area contributed by atoms with Gasteiger partial charge >= 0.3 is 5.97 Å². The van der Waals surface area contributed by atoms with Crippen molar-refractivity contribution < 1.29 is 27.4 Å². The molecule has 0 spiro atoms. The highest BCUT2D eigenvalue weighted by Crippen LogP contribution is 2.21. The van der Waals surface area contributed by atoms with Crippen molar-refractivity contribution in [2.75, 3.05) is 49.8 Å². The van der Waals surface area contributed by atoms with E-state index in [0.29, 0.717) is 26.3 Å². The first-order valence-electron chi connectivity index (χ1n) is 12.6. The first-order chi connectivity index (χ1) is 17.4. The number of carbonyl (C=O) groups excluding carboxylic acids is 1. The number of sulfone groups is 1. The van der Waals surface area contributed by atoms with E-state index in [1.807, 2.05) is 48.5 Å². The summed E-state index contributed by atoms with van der Waals surface area (Å²) in [5.41, 5.74) is 1.96. The molecule has 1 saturated heterocycles. The second-order valence-corrected chi connectivity index (χ2v) is 11.2. The summed E-state index contributed by atoms with van der Waals surface area (Å²) in [7, 11) is -1.25. The van der Waals surface area contributed by atoms with E-state index in [-0.39, 0.29) is 17.5 Å². The van der Waals surface area contributed by atoms with Crippen LogP contribution in [0.4, 0.5) is 5.69 Å². The fourth-order valence-electron chi connectivity index (χ4n) is 3.93. The molecule has 0 radical (unpaired) electrons. The van der Waals surface area contributed by atoms with Crippen molar-refractivity contribution in [2.45, 2.75) is 38.5 Å². The summed E-state index contributed by atoms with van der Waals surface area (Å²) in [6.07, 6.45) is 9.44. The molecule has 0 aliphatic carbocycles. The molecular weight excluding hydrogens is 478 g/mol. The minimum Gasteiger partial charge on any atom is -0.497 e. The molecule has 1 aliphatic rings. The van der Waals surface area contributed by atoms with Crippen molar-refractivity contribution in [3.8, 4) is 11.5 Å². The normalized spacial score (nSPS) is 15.1. The third-order valence-electron chi connectivity index (χ3n) is 6.13. The Bertz CT molecular complexity index is 1050. The molecule has 7 nitrogen and oxygen atoms in total. The van der Waals surface area contributed by atoms with Crippen LogP contribution in [0.2, 0.25) is 0 Å². The van der Waals surface area contributed by atoms with Gasteiger partial charge in [0.25, 0.3) is 0 Å². The van der Waals surface area contributed by atoms with Crippen molar-refractivity contribution in [1.29, 1.82) is 0 Å². The maximum absolute atomic E-state index is 11.8. The van der Waals surface area contributed by atoms with Crippen LogP contribution in [-0.2, 0) is 19.4 Å². The Balaban J connectivity index is 1.17. The fourth-order valence-corrected chi connectivity index (χ4v) is 5.13. The lowest BCUT2D eigenvalue weighted by molar-refractivity contribution is -0.137. The van der Waals surface area contributed by atoms with Crippen LogP contribution in [0.25, 0.3) is 6.08 Å². The number of rotatable bonds is 14. The second kappa shape index (κ2) is 14.5. The van der Waals surface area contributed by atoms with E-state index in [1.165, 1.54) is 6.08 Å². The highest BCUT2D eigenvalue weighted by molar-refractivity contribution is 7.91. The average Bonchev–Trinajstić information content (AvgIpc) is 2.89. The lowest BCUT2D eigenvalue weighted by Crippen LogP contribution is -2.40. The van der Waals surface area contributed by atoms with E-state index in [4.69, 9.17) is 14.2 Å². The number of methoxy groups -OCH3 is 1. The fraction of sp³-hybridized carbons (Fsp3) is 0.464. The van der Waals surface area contributed by atoms with Gasteiger partial charge in [-0.2, -0.15) is 0 Å². The molecule has 0 unspecified atom stereocenters. The van der Waals surface area contributed by atoms with Crippen LogP contribution in [0.1, 0.15) is 44.1 Å². The molecule has 2 aromatic carbocycles. The number of unbranched alkanes of at least 4 members (excludes halogenated alkanes) is 5. The minimum absolute atomic E-state index is 0.221. The maximum Gasteiger partial charge on any atom is 0.330 e. The van der Waals surface area contributed by atoms with Gasteiger partial charge in [-0.15, -0.1) is 0 Å². The van der Waals surface area contributed by atoms with E-state index < -0.39 is 9.84 Å². The van der Waals surface area contributed by atoms with E-state index in [9.17, 15) is 13.2 Å². The summed E-state index contributed by atoms with van der Waals surface area (Å²) in [4.78, 5) is 13.9. The van der Waals surface area contributed by atoms with E-state index in [0.717, 1.165) is 61.3 Å². The van der Waals surface area contributed by atoms with Gasteiger partial charge in [-0.1, -0.05) is 37.8 Å². The van der Waals surface area contributed by atoms with Crippen LogP contribution < -0.4 is 14.4 Å². The van der Waals surface area contributed by atoms with Crippen molar-refractivity contribution in [3.05, 3.63) is 60.2 Å². The zero-order valence-corrected chi connectivity index (χ0v) is 21.9. The van der Waals surface area contributed by atoms with Gasteiger partial charge in [0.15, 0.2) is 9.84 Å². The van der Waals surface area contributed by atoms with Crippen LogP contribution in [0, 0.1) is 0 Å². The van der Waals surface area contributed by atoms with Crippen LogP contribution in [0.5, 0.6) is 11.5 Å². The standard InChI is InChI=1S/C28H37NO6S/c1-33-26-13-8-24(9-14-26)10-17-28(30)35-21-7-5-3-2-4-6-20-34-27-15-11-25(12-16-27)29-18-22-36(31,32)23-19-29/h8-17H,2-7,18-23H2,1H3/b17-10+. The number of anilines is 1. The van der Waals surface area contributed by atoms with Crippen LogP contribution in [-0.4, -0.2) is 59.3 Å². The number of carbonyl (C=O) groups is 1. The molecule has 1 fully saturated rings. The lowest BCUT2D eigenvalue weighted by atomic mass is 10.1. The Morgan fingerprint density at radius 2 is 1.42 bits per heavy atom. The molecule has 0 aromatic heterocycles. The number of benzene rings is 2. The molecule has 0 bridgehead atoms. The molecule has 3 rings (SSSR count). The van der Waals surface area contributed by atoms with Gasteiger partial charge in [0, 0.05) is 24.9 Å². The average molecular weight is 516 g/mol. The SMILES string of the molecule is COc1ccc(/C=C/C(=O)OCCCCCCCCOc2ccc(N3CCS(=O)(=O)CC3)cc2)cc1. The zero-order chi connectivity index (χ0) is 25.6. The van der Waals surface area contributed by atoms with E-state index in [2.05, 4.69) is 4.90 Å². The summed E-state index contributed by atoms with van der Waals surface area (Å²) in [6.45, 7) is 2.22. The number of hydrogen-bond donors (Lipinski definition) is 0. The van der Waals surface area contributed by atoms with Crippen molar-refractivity contribution >= 4 is 27.6 Å². The monoisotopic (exact) mass is 515 g/mol. The third kappa shape index (κ3) is 9.93. The smallest absolute Gasteiger partial charge is 0.330 e. The molecule has 1 heterocycles. The first kappa shape index (κ1) is 27.6. The maximum atomic E-state index is 11.8. The van der Waals surface area contributed by atoms with Gasteiger partial charge in [0.1, 0.15) is 11.5 Å². The molecule has 0 N–H and O–H groups in total. The molecule has 8 heteroatoms. The van der Waals surface area contributed by atoms with Gasteiger partial charge in [-0.3, -0.25) is 0 Å². The third-order valence-corrected chi connectivity index (χ3v) is 7.73. The van der Waals surface area contributed by atoms with Crippen molar-refractivity contribution in [1.82, 2.24) is 0 Å². The molecule has 0 amide bonds. The highest BCUT2D eigenvalue weighted by atomic mass is 32.2. The van der Waals surface area contributed by atoms with Gasteiger partial charge in [-0.25, -0.2) is 13.2 Å². The summed E-state index contributed by atoms with van der Waals surface area (Å²) < 4.78 is 39.4. The Morgan fingerprint density at radius 3 is 2.06 bits per heavy atom. The quantitative estimate of drug-likeness (QED) is 0.201. The molecule has 196 valence electrons. The van der Waals surface area contributed by atoms with Gasteiger partial charge in [0.05, 0.1) is 31.8 Å². The Morgan fingerprint density at radius 1 is 0.833 bits per heavy atom. The topological polar surface area (TPSA) is 82.1 Å². The number of esters is 1. The van der Waals surface area contributed by atoms with Crippen LogP contribution >= 0.6 is 0 Å². The van der Waals surface area contributed by atoms with E-state index >= 15 is 0 Å². The Labute approximate surface area is 215 Å². The van der Waals surface area contributed by atoms with Crippen molar-refractivity contribution in [2.24, 2.45) is 0 Å². The predicted molar refractivity (Wildman–Crippen MR) is 143 cm³/mol. The van der Waals surface area contributed by atoms with Crippen LogP contribution in [0.3, 0.4) is 0 Å². The van der Waals surface area contributed by atoms with Gasteiger partial charge in [0.2, 0.25) is 0 Å². The van der Waals surface area contributed by atoms with Gasteiger partial charge in [-0.05, 0) is 60.9 Å². The Kier molecular flexibility index (Phi) is 11.1. The van der Waals surface area contributed by atoms with Gasteiger partial charge < -0.3 is 19.1 Å². The zero-order valence-electron chi connectivity index (χ0n) is 21.1. The molecule has 0 atom stereocenters.